The number of methoxy groups -OCH3 is 1. The minimum atomic E-state index is -1.12. The van der Waals surface area contributed by atoms with Crippen molar-refractivity contribution < 1.29 is 23.4 Å². The Morgan fingerprint density at radius 3 is 2.85 bits per heavy atom. The SMILES string of the molecule is COc1cc(/C=C/C(=O)O)cc(F)c1C1c2ccc3[nH]ncc3c2CC(C)(C)N1CC(C)CF. The van der Waals surface area contributed by atoms with Gasteiger partial charge in [0.2, 0.25) is 0 Å². The molecule has 6 nitrogen and oxygen atoms in total. The molecule has 0 fully saturated rings. The molecule has 0 radical (unpaired) electrons. The molecule has 180 valence electrons. The molecule has 2 N–H and O–H groups in total. The van der Waals surface area contributed by atoms with Gasteiger partial charge in [0, 0.05) is 23.5 Å². The van der Waals surface area contributed by atoms with E-state index in [4.69, 9.17) is 9.84 Å². The van der Waals surface area contributed by atoms with Gasteiger partial charge in [-0.3, -0.25) is 14.4 Å². The van der Waals surface area contributed by atoms with Gasteiger partial charge in [0.25, 0.3) is 0 Å². The molecule has 0 spiro atoms. The van der Waals surface area contributed by atoms with Gasteiger partial charge < -0.3 is 9.84 Å². The maximum atomic E-state index is 15.8. The van der Waals surface area contributed by atoms with Gasteiger partial charge in [0.1, 0.15) is 11.6 Å². The number of carboxylic acid groups (broad SMARTS) is 1. The molecule has 2 heterocycles. The summed E-state index contributed by atoms with van der Waals surface area (Å²) in [5, 5.41) is 17.1. The number of H-pyrrole nitrogens is 1. The predicted molar refractivity (Wildman–Crippen MR) is 127 cm³/mol. The van der Waals surface area contributed by atoms with Gasteiger partial charge in [-0.05, 0) is 67.2 Å². The van der Waals surface area contributed by atoms with E-state index in [1.165, 1.54) is 19.3 Å². The van der Waals surface area contributed by atoms with Crippen LogP contribution in [0.25, 0.3) is 17.0 Å². The van der Waals surface area contributed by atoms with Crippen LogP contribution >= 0.6 is 0 Å². The number of nitrogens with zero attached hydrogens (tertiary/aromatic N) is 2. The van der Waals surface area contributed by atoms with Crippen LogP contribution in [-0.2, 0) is 11.2 Å². The molecule has 1 aromatic heterocycles. The highest BCUT2D eigenvalue weighted by Crippen LogP contribution is 2.48. The molecule has 3 aromatic rings. The second-order valence-corrected chi connectivity index (χ2v) is 9.56. The van der Waals surface area contributed by atoms with Crippen molar-refractivity contribution in [3.05, 3.63) is 64.6 Å². The Hall–Kier alpha value is -3.26. The summed E-state index contributed by atoms with van der Waals surface area (Å²) in [7, 11) is 1.46. The Balaban J connectivity index is 1.97. The fourth-order valence-corrected chi connectivity index (χ4v) is 4.96. The van der Waals surface area contributed by atoms with Crippen LogP contribution in [0.15, 0.2) is 36.5 Å². The molecule has 0 amide bonds. The molecule has 4 rings (SSSR count). The second-order valence-electron chi connectivity index (χ2n) is 9.56. The van der Waals surface area contributed by atoms with Crippen molar-refractivity contribution in [2.24, 2.45) is 5.92 Å². The summed E-state index contributed by atoms with van der Waals surface area (Å²) in [4.78, 5) is 13.1. The van der Waals surface area contributed by atoms with Crippen LogP contribution in [0.4, 0.5) is 8.78 Å². The molecule has 34 heavy (non-hydrogen) atoms. The highest BCUT2D eigenvalue weighted by atomic mass is 19.1. The quantitative estimate of drug-likeness (QED) is 0.469. The van der Waals surface area contributed by atoms with Crippen molar-refractivity contribution in [1.29, 1.82) is 0 Å². The number of halogens is 2. The number of ether oxygens (including phenoxy) is 1. The molecule has 0 saturated heterocycles. The standard InChI is InChI=1S/C26H29F2N3O3/c1-15(12-27)14-31-25(24-20(28)9-16(5-8-23(32)33)10-22(24)34-4)17-6-7-21-19(13-29-30-21)18(17)11-26(31,2)3/h5-10,13,15,25H,11-12,14H2,1-4H3,(H,29,30)(H,32,33)/b8-5+. The highest BCUT2D eigenvalue weighted by Gasteiger charge is 2.43. The molecule has 0 saturated carbocycles. The molecule has 2 unspecified atom stereocenters. The van der Waals surface area contributed by atoms with Crippen LogP contribution in [0.2, 0.25) is 0 Å². The van der Waals surface area contributed by atoms with Crippen molar-refractivity contribution in [1.82, 2.24) is 15.1 Å². The van der Waals surface area contributed by atoms with Crippen LogP contribution in [0, 0.1) is 11.7 Å². The van der Waals surface area contributed by atoms with E-state index in [9.17, 15) is 9.18 Å². The van der Waals surface area contributed by atoms with E-state index in [-0.39, 0.29) is 5.92 Å². The summed E-state index contributed by atoms with van der Waals surface area (Å²) in [5.41, 5.74) is 3.21. The minimum absolute atomic E-state index is 0.243. The summed E-state index contributed by atoms with van der Waals surface area (Å²) >= 11 is 0. The fourth-order valence-electron chi connectivity index (χ4n) is 4.96. The van der Waals surface area contributed by atoms with E-state index in [1.807, 2.05) is 19.1 Å². The smallest absolute Gasteiger partial charge is 0.328 e. The van der Waals surface area contributed by atoms with E-state index in [1.54, 1.807) is 12.3 Å². The number of hydrogen-bond acceptors (Lipinski definition) is 4. The third-order valence-corrected chi connectivity index (χ3v) is 6.56. The van der Waals surface area contributed by atoms with E-state index in [0.717, 1.165) is 28.1 Å². The fraction of sp³-hybridized carbons (Fsp3) is 0.385. The van der Waals surface area contributed by atoms with E-state index < -0.39 is 30.0 Å². The lowest BCUT2D eigenvalue weighted by Crippen LogP contribution is -2.53. The van der Waals surface area contributed by atoms with Crippen LogP contribution in [0.1, 0.15) is 49.1 Å². The number of aliphatic carboxylic acids is 1. The molecule has 1 aliphatic heterocycles. The molecule has 0 aliphatic carbocycles. The zero-order valence-corrected chi connectivity index (χ0v) is 19.7. The molecule has 8 heteroatoms. The topological polar surface area (TPSA) is 78.5 Å². The lowest BCUT2D eigenvalue weighted by atomic mass is 9.77. The monoisotopic (exact) mass is 469 g/mol. The number of hydrogen-bond donors (Lipinski definition) is 2. The lowest BCUT2D eigenvalue weighted by molar-refractivity contribution is -0.131. The Kier molecular flexibility index (Phi) is 6.45. The normalized spacial score (nSPS) is 18.8. The Bertz CT molecular complexity index is 1250. The first-order valence-corrected chi connectivity index (χ1v) is 11.2. The molecule has 2 atom stereocenters. The number of carbonyl (C=O) groups is 1. The Labute approximate surface area is 197 Å². The van der Waals surface area contributed by atoms with Crippen molar-refractivity contribution >= 4 is 22.9 Å². The zero-order chi connectivity index (χ0) is 24.6. The first-order chi connectivity index (χ1) is 16.2. The number of carboxylic acids is 1. The van der Waals surface area contributed by atoms with Crippen molar-refractivity contribution in [3.8, 4) is 5.75 Å². The molecule has 2 aromatic carbocycles. The molecular formula is C26H29F2N3O3. The molecule has 0 bridgehead atoms. The summed E-state index contributed by atoms with van der Waals surface area (Å²) in [6.45, 7) is 5.96. The zero-order valence-electron chi connectivity index (χ0n) is 19.7. The van der Waals surface area contributed by atoms with Gasteiger partial charge >= 0.3 is 5.97 Å². The number of aromatic amines is 1. The number of benzene rings is 2. The van der Waals surface area contributed by atoms with Crippen LogP contribution in [-0.4, -0.2) is 52.0 Å². The largest absolute Gasteiger partial charge is 0.496 e. The Morgan fingerprint density at radius 2 is 2.18 bits per heavy atom. The van der Waals surface area contributed by atoms with Crippen LogP contribution < -0.4 is 4.74 Å². The summed E-state index contributed by atoms with van der Waals surface area (Å²) in [6, 6.07) is 6.31. The first-order valence-electron chi connectivity index (χ1n) is 11.2. The summed E-state index contributed by atoms with van der Waals surface area (Å²) < 4.78 is 35.1. The number of fused-ring (bicyclic) bond motifs is 3. The van der Waals surface area contributed by atoms with E-state index in [2.05, 4.69) is 28.9 Å². The summed E-state index contributed by atoms with van der Waals surface area (Å²) in [5.74, 6) is -1.57. The Morgan fingerprint density at radius 1 is 1.41 bits per heavy atom. The average molecular weight is 470 g/mol. The van der Waals surface area contributed by atoms with Gasteiger partial charge in [0.15, 0.2) is 0 Å². The highest BCUT2D eigenvalue weighted by molar-refractivity contribution is 5.86. The third-order valence-electron chi connectivity index (χ3n) is 6.56. The average Bonchev–Trinajstić information content (AvgIpc) is 3.27. The molecule has 1 aliphatic rings. The van der Waals surface area contributed by atoms with E-state index >= 15 is 4.39 Å². The maximum Gasteiger partial charge on any atom is 0.328 e. The van der Waals surface area contributed by atoms with E-state index in [0.29, 0.717) is 29.8 Å². The van der Waals surface area contributed by atoms with Gasteiger partial charge in [-0.15, -0.1) is 0 Å². The van der Waals surface area contributed by atoms with Gasteiger partial charge in [-0.2, -0.15) is 5.10 Å². The van der Waals surface area contributed by atoms with Gasteiger partial charge in [0.05, 0.1) is 37.1 Å². The van der Waals surface area contributed by atoms with Gasteiger partial charge in [-0.25, -0.2) is 9.18 Å². The summed E-state index contributed by atoms with van der Waals surface area (Å²) in [6.07, 6.45) is 4.76. The number of alkyl halides is 1. The van der Waals surface area contributed by atoms with Crippen molar-refractivity contribution in [2.75, 3.05) is 20.3 Å². The number of nitrogens with one attached hydrogen (secondary N) is 1. The number of rotatable bonds is 7. The first kappa shape index (κ1) is 23.9. The predicted octanol–water partition coefficient (Wildman–Crippen LogP) is 5.14. The maximum absolute atomic E-state index is 15.8. The lowest BCUT2D eigenvalue weighted by Gasteiger charge is -2.50. The molecular weight excluding hydrogens is 440 g/mol. The second kappa shape index (κ2) is 9.18. The van der Waals surface area contributed by atoms with Crippen molar-refractivity contribution in [3.63, 3.8) is 0 Å². The van der Waals surface area contributed by atoms with Gasteiger partial charge in [-0.1, -0.05) is 13.0 Å². The number of aromatic nitrogens is 2. The van der Waals surface area contributed by atoms with Crippen LogP contribution in [0.5, 0.6) is 5.75 Å². The van der Waals surface area contributed by atoms with Crippen molar-refractivity contribution in [2.45, 2.75) is 38.8 Å². The van der Waals surface area contributed by atoms with Crippen LogP contribution in [0.3, 0.4) is 0 Å². The third kappa shape index (κ3) is 4.30. The minimum Gasteiger partial charge on any atom is -0.496 e.